The van der Waals surface area contributed by atoms with Gasteiger partial charge in [-0.3, -0.25) is 5.43 Å². The van der Waals surface area contributed by atoms with Crippen LogP contribution in [0.25, 0.3) is 0 Å². The van der Waals surface area contributed by atoms with E-state index in [1.807, 2.05) is 18.2 Å². The predicted octanol–water partition coefficient (Wildman–Crippen LogP) is 1.34. The van der Waals surface area contributed by atoms with Crippen LogP contribution in [0.15, 0.2) is 29.3 Å². The number of guanidine groups is 1. The quantitative estimate of drug-likeness (QED) is 0.337. The van der Waals surface area contributed by atoms with E-state index < -0.39 is 0 Å². The average molecular weight is 274 g/mol. The van der Waals surface area contributed by atoms with Crippen molar-refractivity contribution in [3.05, 3.63) is 29.8 Å². The molecule has 0 spiro atoms. The van der Waals surface area contributed by atoms with Gasteiger partial charge >= 0.3 is 0 Å². The summed E-state index contributed by atoms with van der Waals surface area (Å²) in [5, 5.41) is 3.37. The number of rotatable bonds is 3. The van der Waals surface area contributed by atoms with E-state index in [-0.39, 0.29) is 6.10 Å². The minimum atomic E-state index is 0.112. The van der Waals surface area contributed by atoms with E-state index in [0.29, 0.717) is 18.5 Å². The number of fused-ring (bicyclic) bond motifs is 1. The molecule has 0 saturated heterocycles. The number of para-hydroxylation sites is 1. The molecule has 3 rings (SSSR count). The first kappa shape index (κ1) is 13.2. The van der Waals surface area contributed by atoms with Crippen LogP contribution in [0.5, 0.6) is 5.75 Å². The van der Waals surface area contributed by atoms with Crippen LogP contribution in [0, 0.1) is 0 Å². The second kappa shape index (κ2) is 6.13. The molecule has 1 heterocycles. The molecule has 0 radical (unpaired) electrons. The Labute approximate surface area is 119 Å². The molecule has 1 aromatic rings. The van der Waals surface area contributed by atoms with Gasteiger partial charge in [-0.2, -0.15) is 0 Å². The van der Waals surface area contributed by atoms with Crippen molar-refractivity contribution in [1.29, 1.82) is 0 Å². The van der Waals surface area contributed by atoms with Gasteiger partial charge in [-0.1, -0.05) is 31.0 Å². The normalized spacial score (nSPS) is 22.4. The van der Waals surface area contributed by atoms with Crippen LogP contribution >= 0.6 is 0 Å². The SMILES string of the molecule is NNC(=NCC1Cc2ccccc2O1)NC1CCCC1. The van der Waals surface area contributed by atoms with E-state index in [1.165, 1.54) is 31.2 Å². The third kappa shape index (κ3) is 3.04. The molecule has 4 N–H and O–H groups in total. The number of benzene rings is 1. The highest BCUT2D eigenvalue weighted by Crippen LogP contribution is 2.28. The Morgan fingerprint density at radius 2 is 2.10 bits per heavy atom. The summed E-state index contributed by atoms with van der Waals surface area (Å²) >= 11 is 0. The molecular formula is C15H22N4O. The summed E-state index contributed by atoms with van der Waals surface area (Å²) in [4.78, 5) is 4.52. The number of nitrogens with one attached hydrogen (secondary N) is 2. The first-order chi connectivity index (χ1) is 9.85. The molecule has 0 bridgehead atoms. The monoisotopic (exact) mass is 274 g/mol. The lowest BCUT2D eigenvalue weighted by Gasteiger charge is -2.16. The molecule has 0 aromatic heterocycles. The molecule has 1 atom stereocenters. The van der Waals surface area contributed by atoms with E-state index in [9.17, 15) is 0 Å². The maximum absolute atomic E-state index is 5.87. The Kier molecular flexibility index (Phi) is 4.06. The van der Waals surface area contributed by atoms with Gasteiger partial charge in [0.2, 0.25) is 5.96 Å². The van der Waals surface area contributed by atoms with Crippen molar-refractivity contribution < 1.29 is 4.74 Å². The second-order valence-corrected chi connectivity index (χ2v) is 5.51. The molecule has 1 aliphatic carbocycles. The maximum atomic E-state index is 5.87. The van der Waals surface area contributed by atoms with Crippen molar-refractivity contribution >= 4 is 5.96 Å². The Morgan fingerprint density at radius 1 is 1.30 bits per heavy atom. The molecular weight excluding hydrogens is 252 g/mol. The smallest absolute Gasteiger partial charge is 0.206 e. The van der Waals surface area contributed by atoms with Gasteiger partial charge in [0.1, 0.15) is 11.9 Å². The third-order valence-electron chi connectivity index (χ3n) is 4.00. The first-order valence-electron chi connectivity index (χ1n) is 7.37. The Hall–Kier alpha value is -1.75. The van der Waals surface area contributed by atoms with E-state index in [2.05, 4.69) is 21.8 Å². The zero-order chi connectivity index (χ0) is 13.8. The summed E-state index contributed by atoms with van der Waals surface area (Å²) in [5.41, 5.74) is 3.92. The van der Waals surface area contributed by atoms with Gasteiger partial charge in [0.25, 0.3) is 0 Å². The predicted molar refractivity (Wildman–Crippen MR) is 79.6 cm³/mol. The molecule has 2 aliphatic rings. The van der Waals surface area contributed by atoms with Crippen molar-refractivity contribution in [2.75, 3.05) is 6.54 Å². The van der Waals surface area contributed by atoms with Crippen LogP contribution in [0.4, 0.5) is 0 Å². The Balaban J connectivity index is 1.54. The van der Waals surface area contributed by atoms with Crippen LogP contribution < -0.4 is 21.3 Å². The van der Waals surface area contributed by atoms with Gasteiger partial charge in [0.15, 0.2) is 0 Å². The fraction of sp³-hybridized carbons (Fsp3) is 0.533. The first-order valence-corrected chi connectivity index (χ1v) is 7.37. The number of aliphatic imine (C=N–C) groups is 1. The summed E-state index contributed by atoms with van der Waals surface area (Å²) in [6, 6.07) is 8.67. The Morgan fingerprint density at radius 3 is 2.85 bits per heavy atom. The van der Waals surface area contributed by atoms with Gasteiger partial charge in [0.05, 0.1) is 6.54 Å². The summed E-state index contributed by atoms with van der Waals surface area (Å²) < 4.78 is 5.87. The lowest BCUT2D eigenvalue weighted by Crippen LogP contribution is -2.46. The van der Waals surface area contributed by atoms with Crippen LogP contribution in [-0.2, 0) is 6.42 Å². The molecule has 1 unspecified atom stereocenters. The molecule has 0 amide bonds. The van der Waals surface area contributed by atoms with Crippen molar-refractivity contribution in [2.45, 2.75) is 44.2 Å². The zero-order valence-corrected chi connectivity index (χ0v) is 11.6. The fourth-order valence-corrected chi connectivity index (χ4v) is 2.95. The van der Waals surface area contributed by atoms with Crippen LogP contribution in [0.2, 0.25) is 0 Å². The van der Waals surface area contributed by atoms with Crippen LogP contribution in [0.1, 0.15) is 31.2 Å². The number of hydrazine groups is 1. The molecule has 1 fully saturated rings. The van der Waals surface area contributed by atoms with Crippen LogP contribution in [-0.4, -0.2) is 24.7 Å². The molecule has 5 nitrogen and oxygen atoms in total. The number of ether oxygens (including phenoxy) is 1. The minimum Gasteiger partial charge on any atom is -0.488 e. The summed E-state index contributed by atoms with van der Waals surface area (Å²) in [7, 11) is 0. The second-order valence-electron chi connectivity index (χ2n) is 5.51. The largest absolute Gasteiger partial charge is 0.488 e. The molecule has 5 heteroatoms. The molecule has 1 saturated carbocycles. The third-order valence-corrected chi connectivity index (χ3v) is 4.00. The summed E-state index contributed by atoms with van der Waals surface area (Å²) in [6.45, 7) is 0.619. The summed E-state index contributed by atoms with van der Waals surface area (Å²) in [6.07, 6.45) is 6.01. The lowest BCUT2D eigenvalue weighted by molar-refractivity contribution is 0.241. The maximum Gasteiger partial charge on any atom is 0.206 e. The minimum absolute atomic E-state index is 0.112. The van der Waals surface area contributed by atoms with Crippen molar-refractivity contribution in [3.8, 4) is 5.75 Å². The van der Waals surface area contributed by atoms with Crippen molar-refractivity contribution in [2.24, 2.45) is 10.8 Å². The zero-order valence-electron chi connectivity index (χ0n) is 11.6. The average Bonchev–Trinajstić information content (AvgIpc) is 3.12. The van der Waals surface area contributed by atoms with Gasteiger partial charge in [-0.15, -0.1) is 0 Å². The highest BCUT2D eigenvalue weighted by atomic mass is 16.5. The highest BCUT2D eigenvalue weighted by molar-refractivity contribution is 5.79. The van der Waals surface area contributed by atoms with E-state index in [0.717, 1.165) is 12.2 Å². The molecule has 1 aromatic carbocycles. The standard InChI is InChI=1S/C15H22N4O/c16-19-15(18-12-6-2-3-7-12)17-10-13-9-11-5-1-4-8-14(11)20-13/h1,4-5,8,12-13H,2-3,6-7,9-10,16H2,(H2,17,18,19). The summed E-state index contributed by atoms with van der Waals surface area (Å²) in [5.74, 6) is 7.20. The van der Waals surface area contributed by atoms with Gasteiger partial charge < -0.3 is 10.1 Å². The molecule has 20 heavy (non-hydrogen) atoms. The number of nitrogens with zero attached hydrogens (tertiary/aromatic N) is 1. The van der Waals surface area contributed by atoms with Crippen molar-refractivity contribution in [3.63, 3.8) is 0 Å². The number of hydrogen-bond donors (Lipinski definition) is 3. The lowest BCUT2D eigenvalue weighted by atomic mass is 10.1. The highest BCUT2D eigenvalue weighted by Gasteiger charge is 2.22. The van der Waals surface area contributed by atoms with E-state index >= 15 is 0 Å². The van der Waals surface area contributed by atoms with E-state index in [1.54, 1.807) is 0 Å². The van der Waals surface area contributed by atoms with Gasteiger partial charge in [-0.25, -0.2) is 10.8 Å². The molecule has 108 valence electrons. The molecule has 1 aliphatic heterocycles. The number of nitrogens with two attached hydrogens (primary N) is 1. The van der Waals surface area contributed by atoms with Crippen molar-refractivity contribution in [1.82, 2.24) is 10.7 Å². The Bertz CT molecular complexity index is 458. The fourth-order valence-electron chi connectivity index (χ4n) is 2.95. The number of hydrogen-bond acceptors (Lipinski definition) is 3. The van der Waals surface area contributed by atoms with E-state index in [4.69, 9.17) is 10.6 Å². The van der Waals surface area contributed by atoms with Crippen LogP contribution in [0.3, 0.4) is 0 Å². The topological polar surface area (TPSA) is 71.7 Å². The van der Waals surface area contributed by atoms with Gasteiger partial charge in [-0.05, 0) is 24.5 Å². The van der Waals surface area contributed by atoms with Gasteiger partial charge in [0, 0.05) is 12.5 Å².